The largest absolute Gasteiger partial charge is 0.354 e. The summed E-state index contributed by atoms with van der Waals surface area (Å²) in [5.74, 6) is 1.62. The third kappa shape index (κ3) is 5.43. The zero-order chi connectivity index (χ0) is 16.7. The highest BCUT2D eigenvalue weighted by Gasteiger charge is 2.18. The Labute approximate surface area is 143 Å². The highest BCUT2D eigenvalue weighted by Crippen LogP contribution is 2.15. The molecule has 0 aromatic heterocycles. The quantitative estimate of drug-likeness (QED) is 0.504. The molecule has 0 bridgehead atoms. The molecule has 0 unspecified atom stereocenters. The second-order valence-electron chi connectivity index (χ2n) is 5.91. The van der Waals surface area contributed by atoms with Gasteiger partial charge in [-0.25, -0.2) is 0 Å². The lowest BCUT2D eigenvalue weighted by molar-refractivity contribution is 0.0954. The molecule has 23 heavy (non-hydrogen) atoms. The number of amides is 1. The molecule has 1 aromatic carbocycles. The predicted molar refractivity (Wildman–Crippen MR) is 95.1 cm³/mol. The molecule has 0 atom stereocenters. The van der Waals surface area contributed by atoms with E-state index in [1.807, 2.05) is 0 Å². The summed E-state index contributed by atoms with van der Waals surface area (Å²) in [6.45, 7) is 5.57. The first-order valence-electron chi connectivity index (χ1n) is 8.09. The molecule has 1 amide bonds. The van der Waals surface area contributed by atoms with Crippen molar-refractivity contribution < 1.29 is 4.79 Å². The fourth-order valence-corrected chi connectivity index (χ4v) is 2.73. The van der Waals surface area contributed by atoms with E-state index in [0.29, 0.717) is 23.7 Å². The average molecular weight is 337 g/mol. The van der Waals surface area contributed by atoms with Crippen molar-refractivity contribution in [3.8, 4) is 0 Å². The van der Waals surface area contributed by atoms with Gasteiger partial charge >= 0.3 is 0 Å². The Hall–Kier alpha value is -1.75. The van der Waals surface area contributed by atoms with Crippen LogP contribution in [0.1, 0.15) is 30.1 Å². The minimum atomic E-state index is -0.0924. The number of likely N-dealkylation sites (tertiary alicyclic amines) is 1. The molecule has 1 saturated heterocycles. The summed E-state index contributed by atoms with van der Waals surface area (Å²) in [5.41, 5.74) is 0.615. The number of guanidine groups is 1. The molecule has 126 valence electrons. The lowest BCUT2D eigenvalue weighted by Gasteiger charge is -2.32. The lowest BCUT2D eigenvalue weighted by atomic mass is 10.00. The van der Waals surface area contributed by atoms with Crippen LogP contribution in [0.3, 0.4) is 0 Å². The number of carbonyl (C=O) groups excluding carboxylic acids is 1. The molecule has 1 fully saturated rings. The van der Waals surface area contributed by atoms with Gasteiger partial charge in [0.2, 0.25) is 0 Å². The summed E-state index contributed by atoms with van der Waals surface area (Å²) in [7, 11) is 1.80. The van der Waals surface area contributed by atoms with E-state index in [9.17, 15) is 4.79 Å². The Balaban J connectivity index is 1.71. The summed E-state index contributed by atoms with van der Waals surface area (Å²) in [6.07, 6.45) is 2.40. The third-order valence-electron chi connectivity index (χ3n) is 4.10. The number of carbonyl (C=O) groups is 1. The van der Waals surface area contributed by atoms with Crippen LogP contribution in [0.5, 0.6) is 0 Å². The van der Waals surface area contributed by atoms with Crippen LogP contribution in [-0.2, 0) is 0 Å². The minimum Gasteiger partial charge on any atom is -0.354 e. The van der Waals surface area contributed by atoms with Gasteiger partial charge in [0.05, 0.1) is 0 Å². The number of nitrogens with zero attached hydrogens (tertiary/aromatic N) is 2. The normalized spacial score (nSPS) is 16.3. The van der Waals surface area contributed by atoms with Crippen LogP contribution in [0.15, 0.2) is 29.3 Å². The van der Waals surface area contributed by atoms with Crippen molar-refractivity contribution >= 4 is 23.5 Å². The Morgan fingerprint density at radius 1 is 1.22 bits per heavy atom. The van der Waals surface area contributed by atoms with E-state index < -0.39 is 0 Å². The van der Waals surface area contributed by atoms with Crippen molar-refractivity contribution in [1.82, 2.24) is 15.5 Å². The van der Waals surface area contributed by atoms with Gasteiger partial charge in [-0.15, -0.1) is 0 Å². The van der Waals surface area contributed by atoms with Crippen LogP contribution in [0.2, 0.25) is 5.02 Å². The van der Waals surface area contributed by atoms with Crippen molar-refractivity contribution in [3.63, 3.8) is 0 Å². The van der Waals surface area contributed by atoms with Gasteiger partial charge in [0, 0.05) is 43.8 Å². The maximum absolute atomic E-state index is 12.0. The van der Waals surface area contributed by atoms with Gasteiger partial charge in [0.1, 0.15) is 0 Å². The number of rotatable bonds is 4. The van der Waals surface area contributed by atoms with Gasteiger partial charge in [-0.3, -0.25) is 9.79 Å². The standard InChI is InChI=1S/C17H25ClN4O/c1-13-7-11-22(12-8-13)17(19-2)21-10-9-20-16(23)14-3-5-15(18)6-4-14/h3-6,13H,7-12H2,1-2H3,(H,19,21)(H,20,23). The maximum Gasteiger partial charge on any atom is 0.251 e. The molecule has 0 spiro atoms. The van der Waals surface area contributed by atoms with Crippen LogP contribution >= 0.6 is 11.6 Å². The SMILES string of the molecule is CN=C(NCCNC(=O)c1ccc(Cl)cc1)N1CCC(C)CC1. The molecule has 0 radical (unpaired) electrons. The first-order valence-corrected chi connectivity index (χ1v) is 8.47. The Morgan fingerprint density at radius 3 is 2.43 bits per heavy atom. The van der Waals surface area contributed by atoms with Crippen LogP contribution in [0.4, 0.5) is 0 Å². The number of nitrogens with one attached hydrogen (secondary N) is 2. The number of hydrogen-bond donors (Lipinski definition) is 2. The van der Waals surface area contributed by atoms with E-state index in [4.69, 9.17) is 11.6 Å². The van der Waals surface area contributed by atoms with Gasteiger partial charge < -0.3 is 15.5 Å². The fraction of sp³-hybridized carbons (Fsp3) is 0.529. The Morgan fingerprint density at radius 2 is 1.83 bits per heavy atom. The van der Waals surface area contributed by atoms with Crippen molar-refractivity contribution in [2.75, 3.05) is 33.2 Å². The molecule has 0 aliphatic carbocycles. The topological polar surface area (TPSA) is 56.7 Å². The van der Waals surface area contributed by atoms with Crippen LogP contribution in [0, 0.1) is 5.92 Å². The average Bonchev–Trinajstić information content (AvgIpc) is 2.56. The second-order valence-corrected chi connectivity index (χ2v) is 6.34. The number of benzene rings is 1. The number of piperidine rings is 1. The molecular formula is C17H25ClN4O. The fourth-order valence-electron chi connectivity index (χ4n) is 2.61. The molecule has 5 nitrogen and oxygen atoms in total. The molecule has 1 aliphatic heterocycles. The van der Waals surface area contributed by atoms with Crippen LogP contribution in [-0.4, -0.2) is 50.0 Å². The van der Waals surface area contributed by atoms with E-state index in [0.717, 1.165) is 25.0 Å². The first kappa shape index (κ1) is 17.6. The summed E-state index contributed by atoms with van der Waals surface area (Å²) < 4.78 is 0. The molecule has 1 aliphatic rings. The summed E-state index contributed by atoms with van der Waals surface area (Å²) in [5, 5.41) is 6.83. The lowest BCUT2D eigenvalue weighted by Crippen LogP contribution is -2.47. The van der Waals surface area contributed by atoms with E-state index in [2.05, 4.69) is 27.4 Å². The monoisotopic (exact) mass is 336 g/mol. The van der Waals surface area contributed by atoms with E-state index in [-0.39, 0.29) is 5.91 Å². The summed E-state index contributed by atoms with van der Waals surface area (Å²) >= 11 is 5.82. The van der Waals surface area contributed by atoms with Gasteiger partial charge in [0.15, 0.2) is 5.96 Å². The number of hydrogen-bond acceptors (Lipinski definition) is 2. The third-order valence-corrected chi connectivity index (χ3v) is 4.35. The van der Waals surface area contributed by atoms with Crippen molar-refractivity contribution in [3.05, 3.63) is 34.9 Å². The minimum absolute atomic E-state index is 0.0924. The molecule has 2 N–H and O–H groups in total. The molecule has 1 aromatic rings. The zero-order valence-corrected chi connectivity index (χ0v) is 14.6. The molecular weight excluding hydrogens is 312 g/mol. The number of halogens is 1. The predicted octanol–water partition coefficient (Wildman–Crippen LogP) is 2.38. The Bertz CT molecular complexity index is 536. The molecule has 1 heterocycles. The van der Waals surface area contributed by atoms with Gasteiger partial charge in [-0.05, 0) is 43.0 Å². The van der Waals surface area contributed by atoms with Crippen LogP contribution < -0.4 is 10.6 Å². The maximum atomic E-state index is 12.0. The molecule has 6 heteroatoms. The highest BCUT2D eigenvalue weighted by atomic mass is 35.5. The van der Waals surface area contributed by atoms with E-state index >= 15 is 0 Å². The Kier molecular flexibility index (Phi) is 6.71. The second kappa shape index (κ2) is 8.77. The van der Waals surface area contributed by atoms with E-state index in [1.54, 1.807) is 31.3 Å². The van der Waals surface area contributed by atoms with Crippen molar-refractivity contribution in [1.29, 1.82) is 0 Å². The van der Waals surface area contributed by atoms with Gasteiger partial charge in [-0.2, -0.15) is 0 Å². The highest BCUT2D eigenvalue weighted by molar-refractivity contribution is 6.30. The van der Waals surface area contributed by atoms with E-state index in [1.165, 1.54) is 12.8 Å². The van der Waals surface area contributed by atoms with Gasteiger partial charge in [-0.1, -0.05) is 18.5 Å². The number of aliphatic imine (C=N–C) groups is 1. The summed E-state index contributed by atoms with van der Waals surface area (Å²) in [6, 6.07) is 6.87. The smallest absolute Gasteiger partial charge is 0.251 e. The van der Waals surface area contributed by atoms with Crippen molar-refractivity contribution in [2.45, 2.75) is 19.8 Å². The van der Waals surface area contributed by atoms with Crippen molar-refractivity contribution in [2.24, 2.45) is 10.9 Å². The van der Waals surface area contributed by atoms with Crippen LogP contribution in [0.25, 0.3) is 0 Å². The van der Waals surface area contributed by atoms with Gasteiger partial charge in [0.25, 0.3) is 5.91 Å². The molecule has 0 saturated carbocycles. The molecule has 2 rings (SSSR count). The summed E-state index contributed by atoms with van der Waals surface area (Å²) in [4.78, 5) is 18.6. The zero-order valence-electron chi connectivity index (χ0n) is 13.8. The first-order chi connectivity index (χ1) is 11.1.